The van der Waals surface area contributed by atoms with Gasteiger partial charge < -0.3 is 5.32 Å². The topological polar surface area (TPSA) is 58.2 Å². The Kier molecular flexibility index (Phi) is 7.34. The van der Waals surface area contributed by atoms with Gasteiger partial charge >= 0.3 is 0 Å². The summed E-state index contributed by atoms with van der Waals surface area (Å²) in [5.41, 5.74) is 0. The van der Waals surface area contributed by atoms with Crippen LogP contribution in [-0.2, 0) is 16.6 Å². The van der Waals surface area contributed by atoms with Gasteiger partial charge in [-0.1, -0.05) is 0 Å². The standard InChI is InChI=1S/C11H19BrN2O2S3/c1-8(4-5-17-3)14-19(15,16)10-6-9(7-13-2)18-11(10)12/h6,8,13-14H,4-5,7H2,1-3H3. The van der Waals surface area contributed by atoms with Crippen molar-refractivity contribution in [3.8, 4) is 0 Å². The summed E-state index contributed by atoms with van der Waals surface area (Å²) in [4.78, 5) is 1.32. The number of hydrogen-bond acceptors (Lipinski definition) is 5. The zero-order chi connectivity index (χ0) is 14.5. The van der Waals surface area contributed by atoms with Crippen LogP contribution in [0.1, 0.15) is 18.2 Å². The Morgan fingerprint density at radius 3 is 2.79 bits per heavy atom. The highest BCUT2D eigenvalue weighted by Gasteiger charge is 2.22. The summed E-state index contributed by atoms with van der Waals surface area (Å²) in [6, 6.07) is 1.66. The average molecular weight is 387 g/mol. The van der Waals surface area contributed by atoms with Crippen LogP contribution in [0.5, 0.6) is 0 Å². The highest BCUT2D eigenvalue weighted by molar-refractivity contribution is 9.11. The molecular weight excluding hydrogens is 368 g/mol. The third-order valence-corrected chi connectivity index (χ3v) is 6.94. The van der Waals surface area contributed by atoms with Crippen molar-refractivity contribution in [3.63, 3.8) is 0 Å². The van der Waals surface area contributed by atoms with Crippen LogP contribution in [0.3, 0.4) is 0 Å². The first kappa shape index (κ1) is 17.5. The Bertz CT molecular complexity index is 502. The van der Waals surface area contributed by atoms with Crippen LogP contribution >= 0.6 is 39.0 Å². The molecule has 0 saturated carbocycles. The molecule has 1 aromatic heterocycles. The highest BCUT2D eigenvalue weighted by Crippen LogP contribution is 2.31. The second-order valence-corrected chi connectivity index (χ2v) is 9.31. The molecule has 0 aliphatic heterocycles. The Balaban J connectivity index is 2.82. The fraction of sp³-hybridized carbons (Fsp3) is 0.636. The lowest BCUT2D eigenvalue weighted by molar-refractivity contribution is 0.557. The second-order valence-electron chi connectivity index (χ2n) is 4.18. The highest BCUT2D eigenvalue weighted by atomic mass is 79.9. The summed E-state index contributed by atoms with van der Waals surface area (Å²) in [5.74, 6) is 0.944. The van der Waals surface area contributed by atoms with Crippen LogP contribution in [-0.4, -0.2) is 33.5 Å². The number of nitrogens with one attached hydrogen (secondary N) is 2. The molecule has 110 valence electrons. The lowest BCUT2D eigenvalue weighted by Crippen LogP contribution is -2.32. The molecule has 0 aliphatic carbocycles. The maximum absolute atomic E-state index is 12.3. The van der Waals surface area contributed by atoms with Crippen molar-refractivity contribution in [2.75, 3.05) is 19.1 Å². The third kappa shape index (κ3) is 5.35. The van der Waals surface area contributed by atoms with E-state index in [0.717, 1.165) is 17.1 Å². The third-order valence-electron chi connectivity index (χ3n) is 2.46. The maximum atomic E-state index is 12.3. The van der Waals surface area contributed by atoms with E-state index in [1.54, 1.807) is 17.8 Å². The summed E-state index contributed by atoms with van der Waals surface area (Å²) >= 11 is 6.49. The molecule has 1 unspecified atom stereocenters. The van der Waals surface area contributed by atoms with Gasteiger partial charge in [-0.2, -0.15) is 11.8 Å². The van der Waals surface area contributed by atoms with E-state index >= 15 is 0 Å². The Hall–Kier alpha value is 0.400. The smallest absolute Gasteiger partial charge is 0.242 e. The van der Waals surface area contributed by atoms with Gasteiger partial charge in [0.25, 0.3) is 0 Å². The normalized spacial score (nSPS) is 13.7. The van der Waals surface area contributed by atoms with Gasteiger partial charge in [0, 0.05) is 17.5 Å². The van der Waals surface area contributed by atoms with E-state index in [-0.39, 0.29) is 6.04 Å². The summed E-state index contributed by atoms with van der Waals surface area (Å²) in [7, 11) is -1.60. The van der Waals surface area contributed by atoms with Crippen LogP contribution in [0.4, 0.5) is 0 Å². The van der Waals surface area contributed by atoms with Crippen molar-refractivity contribution in [3.05, 3.63) is 14.7 Å². The predicted molar refractivity (Wildman–Crippen MR) is 87.6 cm³/mol. The molecule has 0 radical (unpaired) electrons. The summed E-state index contributed by atoms with van der Waals surface area (Å²) in [6.45, 7) is 2.56. The van der Waals surface area contributed by atoms with Crippen molar-refractivity contribution >= 4 is 49.1 Å². The van der Waals surface area contributed by atoms with E-state index in [1.165, 1.54) is 11.3 Å². The van der Waals surface area contributed by atoms with Crippen molar-refractivity contribution in [1.82, 2.24) is 10.0 Å². The molecule has 4 nitrogen and oxygen atoms in total. The molecule has 0 fully saturated rings. The molecule has 1 rings (SSSR count). The summed E-state index contributed by atoms with van der Waals surface area (Å²) in [5, 5.41) is 3.02. The van der Waals surface area contributed by atoms with Crippen molar-refractivity contribution < 1.29 is 8.42 Å². The number of rotatable bonds is 8. The predicted octanol–water partition coefficient (Wildman–Crippen LogP) is 2.65. The van der Waals surface area contributed by atoms with E-state index < -0.39 is 10.0 Å². The van der Waals surface area contributed by atoms with Crippen LogP contribution in [0.25, 0.3) is 0 Å². The lowest BCUT2D eigenvalue weighted by Gasteiger charge is -2.13. The van der Waals surface area contributed by atoms with Gasteiger partial charge in [-0.05, 0) is 54.4 Å². The minimum atomic E-state index is -3.44. The Morgan fingerprint density at radius 1 is 1.53 bits per heavy atom. The first-order valence-corrected chi connectivity index (χ1v) is 10.3. The molecule has 0 spiro atoms. The molecule has 1 heterocycles. The molecule has 0 aromatic carbocycles. The van der Waals surface area contributed by atoms with Gasteiger partial charge in [0.2, 0.25) is 10.0 Å². The molecule has 1 atom stereocenters. The van der Waals surface area contributed by atoms with Crippen molar-refractivity contribution in [1.29, 1.82) is 0 Å². The van der Waals surface area contributed by atoms with Gasteiger partial charge in [-0.3, -0.25) is 0 Å². The fourth-order valence-electron chi connectivity index (χ4n) is 1.52. The molecule has 0 bridgehead atoms. The number of sulfonamides is 1. The molecule has 2 N–H and O–H groups in total. The zero-order valence-corrected chi connectivity index (χ0v) is 15.2. The zero-order valence-electron chi connectivity index (χ0n) is 11.2. The Labute approximate surface area is 131 Å². The summed E-state index contributed by atoms with van der Waals surface area (Å²) < 4.78 is 27.9. The molecule has 19 heavy (non-hydrogen) atoms. The largest absolute Gasteiger partial charge is 0.315 e. The molecule has 8 heteroatoms. The molecular formula is C11H19BrN2O2S3. The number of thiophene rings is 1. The van der Waals surface area contributed by atoms with Crippen molar-refractivity contribution in [2.45, 2.75) is 30.8 Å². The second kappa shape index (κ2) is 7.99. The Morgan fingerprint density at radius 2 is 2.21 bits per heavy atom. The molecule has 0 amide bonds. The van der Waals surface area contributed by atoms with Crippen molar-refractivity contribution in [2.24, 2.45) is 0 Å². The molecule has 0 aliphatic rings. The minimum Gasteiger partial charge on any atom is -0.315 e. The van der Waals surface area contributed by atoms with E-state index in [9.17, 15) is 8.42 Å². The summed E-state index contributed by atoms with van der Waals surface area (Å²) in [6.07, 6.45) is 2.84. The maximum Gasteiger partial charge on any atom is 0.242 e. The monoisotopic (exact) mass is 386 g/mol. The van der Waals surface area contributed by atoms with Crippen LogP contribution in [0.15, 0.2) is 14.7 Å². The SMILES string of the molecule is CNCc1cc(S(=O)(=O)NC(C)CCSC)c(Br)s1. The average Bonchev–Trinajstić information content (AvgIpc) is 2.68. The quantitative estimate of drug-likeness (QED) is 0.720. The van der Waals surface area contributed by atoms with Gasteiger partial charge in [0.1, 0.15) is 4.90 Å². The van der Waals surface area contributed by atoms with Gasteiger partial charge in [0.15, 0.2) is 0 Å². The van der Waals surface area contributed by atoms with E-state index in [4.69, 9.17) is 0 Å². The molecule has 0 saturated heterocycles. The number of halogens is 1. The van der Waals surface area contributed by atoms with Gasteiger partial charge in [0.05, 0.1) is 3.79 Å². The fourth-order valence-corrected chi connectivity index (χ4v) is 6.09. The van der Waals surface area contributed by atoms with Gasteiger partial charge in [-0.25, -0.2) is 13.1 Å². The van der Waals surface area contributed by atoms with Crippen LogP contribution in [0, 0.1) is 0 Å². The van der Waals surface area contributed by atoms with Gasteiger partial charge in [-0.15, -0.1) is 11.3 Å². The van der Waals surface area contributed by atoms with E-state index in [2.05, 4.69) is 26.0 Å². The van der Waals surface area contributed by atoms with Crippen LogP contribution < -0.4 is 10.0 Å². The number of hydrogen-bond donors (Lipinski definition) is 2. The van der Waals surface area contributed by atoms with Crippen LogP contribution in [0.2, 0.25) is 0 Å². The first-order chi connectivity index (χ1) is 8.90. The lowest BCUT2D eigenvalue weighted by atomic mass is 10.3. The van der Waals surface area contributed by atoms with E-state index in [1.807, 2.05) is 20.2 Å². The van der Waals surface area contributed by atoms with E-state index in [0.29, 0.717) is 15.2 Å². The number of thioether (sulfide) groups is 1. The minimum absolute atomic E-state index is 0.0583. The first-order valence-electron chi connectivity index (χ1n) is 5.84. The molecule has 1 aromatic rings.